The molecule has 2 aromatic heterocycles. The van der Waals surface area contributed by atoms with Crippen molar-refractivity contribution in [3.8, 4) is 5.75 Å². The molecule has 2 N–H and O–H groups in total. The quantitative estimate of drug-likeness (QED) is 0.763. The van der Waals surface area contributed by atoms with Crippen molar-refractivity contribution < 1.29 is 9.53 Å². The van der Waals surface area contributed by atoms with Crippen molar-refractivity contribution in [2.24, 2.45) is 5.92 Å². The van der Waals surface area contributed by atoms with E-state index in [0.717, 1.165) is 40.2 Å². The zero-order valence-corrected chi connectivity index (χ0v) is 14.2. The minimum absolute atomic E-state index is 0.0272. The fraction of sp³-hybridized carbons (Fsp3) is 0.353. The van der Waals surface area contributed by atoms with Gasteiger partial charge >= 0.3 is 0 Å². The third kappa shape index (κ3) is 2.87. The third-order valence-electron chi connectivity index (χ3n) is 4.26. The van der Waals surface area contributed by atoms with Gasteiger partial charge in [-0.2, -0.15) is 0 Å². The lowest BCUT2D eigenvalue weighted by molar-refractivity contribution is -0.120. The number of benzene rings is 1. The van der Waals surface area contributed by atoms with E-state index in [1.165, 1.54) is 11.3 Å². The molecule has 124 valence electrons. The highest BCUT2D eigenvalue weighted by atomic mass is 32.1. The number of carbonyl (C=O) groups excluding carboxylic acids is 1. The minimum atomic E-state index is -0.0380. The summed E-state index contributed by atoms with van der Waals surface area (Å²) in [6.45, 7) is 2.59. The fourth-order valence-corrected chi connectivity index (χ4v) is 3.94. The number of amides is 1. The van der Waals surface area contributed by atoms with Gasteiger partial charge in [0.1, 0.15) is 5.75 Å². The van der Waals surface area contributed by atoms with Crippen LogP contribution >= 0.6 is 11.3 Å². The lowest BCUT2D eigenvalue weighted by atomic mass is 9.89. The Bertz CT molecular complexity index is 886. The van der Waals surface area contributed by atoms with Crippen molar-refractivity contribution in [3.63, 3.8) is 0 Å². The number of carbonyl (C=O) groups is 1. The van der Waals surface area contributed by atoms with Crippen molar-refractivity contribution in [2.45, 2.75) is 26.2 Å². The number of aromatic nitrogens is 3. The van der Waals surface area contributed by atoms with Crippen LogP contribution in [0.1, 0.15) is 24.7 Å². The third-order valence-corrected chi connectivity index (χ3v) is 5.19. The van der Waals surface area contributed by atoms with Gasteiger partial charge in [0, 0.05) is 18.0 Å². The molecule has 0 bridgehead atoms. The molecular formula is C17H18N4O2S. The Hall–Kier alpha value is -2.41. The molecule has 0 radical (unpaired) electrons. The number of hydrogen-bond donors (Lipinski definition) is 2. The highest BCUT2D eigenvalue weighted by Gasteiger charge is 2.26. The number of ether oxygens (including phenoxy) is 1. The van der Waals surface area contributed by atoms with Crippen LogP contribution < -0.4 is 10.1 Å². The topological polar surface area (TPSA) is 79.9 Å². The second kappa shape index (κ2) is 6.24. The lowest BCUT2D eigenvalue weighted by Crippen LogP contribution is -2.28. The Morgan fingerprint density at radius 1 is 1.50 bits per heavy atom. The van der Waals surface area contributed by atoms with Gasteiger partial charge in [-0.05, 0) is 38.0 Å². The Morgan fingerprint density at radius 3 is 3.29 bits per heavy atom. The molecule has 1 atom stereocenters. The van der Waals surface area contributed by atoms with E-state index >= 15 is 0 Å². The van der Waals surface area contributed by atoms with Crippen LogP contribution in [0, 0.1) is 5.92 Å². The van der Waals surface area contributed by atoms with E-state index in [2.05, 4.69) is 20.3 Å². The number of fused-ring (bicyclic) bond motifs is 2. The van der Waals surface area contributed by atoms with Crippen LogP contribution in [0.15, 0.2) is 24.5 Å². The normalized spacial score (nSPS) is 16.8. The molecule has 6 nitrogen and oxygen atoms in total. The predicted molar refractivity (Wildman–Crippen MR) is 93.5 cm³/mol. The number of thiazole rings is 1. The largest absolute Gasteiger partial charge is 0.494 e. The summed E-state index contributed by atoms with van der Waals surface area (Å²) in [5.41, 5.74) is 3.03. The van der Waals surface area contributed by atoms with Crippen molar-refractivity contribution >= 4 is 32.6 Å². The number of hydrogen-bond acceptors (Lipinski definition) is 5. The van der Waals surface area contributed by atoms with E-state index in [1.807, 2.05) is 25.1 Å². The van der Waals surface area contributed by atoms with Gasteiger partial charge in [-0.25, -0.2) is 9.97 Å². The number of H-pyrrole nitrogens is 1. The maximum atomic E-state index is 12.5. The summed E-state index contributed by atoms with van der Waals surface area (Å²) >= 11 is 1.47. The second-order valence-electron chi connectivity index (χ2n) is 5.84. The second-order valence-corrected chi connectivity index (χ2v) is 6.87. The molecule has 0 saturated heterocycles. The highest BCUT2D eigenvalue weighted by Crippen LogP contribution is 2.30. The number of nitrogens with zero attached hydrogens (tertiary/aromatic N) is 2. The monoisotopic (exact) mass is 342 g/mol. The molecule has 4 rings (SSSR count). The van der Waals surface area contributed by atoms with Gasteiger partial charge in [0.05, 0.1) is 28.8 Å². The van der Waals surface area contributed by atoms with Crippen LogP contribution in [0.5, 0.6) is 5.75 Å². The van der Waals surface area contributed by atoms with E-state index in [0.29, 0.717) is 18.2 Å². The van der Waals surface area contributed by atoms with Crippen molar-refractivity contribution in [1.82, 2.24) is 15.0 Å². The van der Waals surface area contributed by atoms with Crippen molar-refractivity contribution in [2.75, 3.05) is 11.9 Å². The van der Waals surface area contributed by atoms with E-state index in [1.54, 1.807) is 6.33 Å². The standard InChI is InChI=1S/C17H18N4O2S/c1-2-23-11-4-6-13-15(8-11)24-17(20-13)21-16(22)10-3-5-12-14(7-10)19-9-18-12/h4,6,8-10H,2-3,5,7H2,1H3,(H,18,19)(H,20,21,22). The summed E-state index contributed by atoms with van der Waals surface area (Å²) in [4.78, 5) is 24.4. The maximum Gasteiger partial charge on any atom is 0.229 e. The molecule has 7 heteroatoms. The van der Waals surface area contributed by atoms with Gasteiger partial charge in [-0.15, -0.1) is 0 Å². The molecular weight excluding hydrogens is 324 g/mol. The van der Waals surface area contributed by atoms with Crippen LogP contribution in [0.2, 0.25) is 0 Å². The van der Waals surface area contributed by atoms with E-state index in [-0.39, 0.29) is 11.8 Å². The summed E-state index contributed by atoms with van der Waals surface area (Å²) in [7, 11) is 0. The van der Waals surface area contributed by atoms with Gasteiger partial charge in [-0.1, -0.05) is 11.3 Å². The van der Waals surface area contributed by atoms with Crippen LogP contribution in [-0.4, -0.2) is 27.5 Å². The zero-order valence-electron chi connectivity index (χ0n) is 13.3. The summed E-state index contributed by atoms with van der Waals surface area (Å²) in [5.74, 6) is 0.814. The number of aromatic amines is 1. The smallest absolute Gasteiger partial charge is 0.229 e. The average Bonchev–Trinajstić information content (AvgIpc) is 3.19. The van der Waals surface area contributed by atoms with Crippen molar-refractivity contribution in [1.29, 1.82) is 0 Å². The Balaban J connectivity index is 1.48. The summed E-state index contributed by atoms with van der Waals surface area (Å²) < 4.78 is 6.52. The first kappa shape index (κ1) is 15.1. The highest BCUT2D eigenvalue weighted by molar-refractivity contribution is 7.22. The first-order valence-electron chi connectivity index (χ1n) is 8.08. The van der Waals surface area contributed by atoms with Gasteiger partial charge in [-0.3, -0.25) is 4.79 Å². The van der Waals surface area contributed by atoms with Crippen LogP contribution in [0.25, 0.3) is 10.2 Å². The molecule has 3 aromatic rings. The molecule has 1 aliphatic carbocycles. The van der Waals surface area contributed by atoms with E-state index in [9.17, 15) is 4.79 Å². The lowest BCUT2D eigenvalue weighted by Gasteiger charge is -2.19. The fourth-order valence-electron chi connectivity index (χ4n) is 3.05. The van der Waals surface area contributed by atoms with Crippen LogP contribution in [0.4, 0.5) is 5.13 Å². The molecule has 2 heterocycles. The molecule has 0 spiro atoms. The molecule has 0 fully saturated rings. The van der Waals surface area contributed by atoms with E-state index in [4.69, 9.17) is 4.74 Å². The van der Waals surface area contributed by atoms with Crippen LogP contribution in [-0.2, 0) is 17.6 Å². The van der Waals surface area contributed by atoms with Gasteiger partial charge in [0.2, 0.25) is 5.91 Å². The number of rotatable bonds is 4. The Morgan fingerprint density at radius 2 is 2.42 bits per heavy atom. The molecule has 1 aromatic carbocycles. The minimum Gasteiger partial charge on any atom is -0.494 e. The molecule has 1 aliphatic rings. The molecule has 1 unspecified atom stereocenters. The van der Waals surface area contributed by atoms with E-state index < -0.39 is 0 Å². The zero-order chi connectivity index (χ0) is 16.5. The maximum absolute atomic E-state index is 12.5. The number of nitrogens with one attached hydrogen (secondary N) is 2. The van der Waals surface area contributed by atoms with Crippen LogP contribution in [0.3, 0.4) is 0 Å². The summed E-state index contributed by atoms with van der Waals surface area (Å²) in [6, 6.07) is 5.78. The molecule has 1 amide bonds. The molecule has 0 aliphatic heterocycles. The summed E-state index contributed by atoms with van der Waals surface area (Å²) in [5, 5.41) is 3.61. The van der Waals surface area contributed by atoms with Gasteiger partial charge in [0.25, 0.3) is 0 Å². The molecule has 0 saturated carbocycles. The van der Waals surface area contributed by atoms with Gasteiger partial charge < -0.3 is 15.0 Å². The Labute approximate surface area is 143 Å². The van der Waals surface area contributed by atoms with Crippen molar-refractivity contribution in [3.05, 3.63) is 35.9 Å². The first-order chi connectivity index (χ1) is 11.7. The SMILES string of the molecule is CCOc1ccc2nc(NC(=O)C3CCc4nc[nH]c4C3)sc2c1. The number of imidazole rings is 1. The number of aryl methyl sites for hydroxylation is 1. The van der Waals surface area contributed by atoms with Gasteiger partial charge in [0.15, 0.2) is 5.13 Å². The summed E-state index contributed by atoms with van der Waals surface area (Å²) in [6.07, 6.45) is 4.08. The Kier molecular flexibility index (Phi) is 3.93. The molecule has 24 heavy (non-hydrogen) atoms. The predicted octanol–water partition coefficient (Wildman–Crippen LogP) is 3.16. The average molecular weight is 342 g/mol. The first-order valence-corrected chi connectivity index (χ1v) is 8.90. The number of anilines is 1.